The molecule has 124 valence electrons. The first-order valence-electron chi connectivity index (χ1n) is 8.92. The molecule has 0 radical (unpaired) electrons. The Morgan fingerprint density at radius 1 is 0.913 bits per heavy atom. The van der Waals surface area contributed by atoms with Crippen LogP contribution >= 0.6 is 0 Å². The molecule has 1 heteroatoms. The highest BCUT2D eigenvalue weighted by atomic mass is 16.3. The number of aromatic hydroxyl groups is 1. The van der Waals surface area contributed by atoms with E-state index in [1.165, 1.54) is 36.0 Å². The van der Waals surface area contributed by atoms with Crippen LogP contribution in [0.3, 0.4) is 0 Å². The molecule has 1 nitrogen and oxygen atoms in total. The van der Waals surface area contributed by atoms with Crippen LogP contribution in [0.4, 0.5) is 0 Å². The molecule has 0 saturated carbocycles. The maximum absolute atomic E-state index is 10.7. The summed E-state index contributed by atoms with van der Waals surface area (Å²) in [6.45, 7) is 8.88. The molecule has 0 aromatic heterocycles. The molecule has 0 fully saturated rings. The second-order valence-electron chi connectivity index (χ2n) is 6.90. The van der Waals surface area contributed by atoms with Crippen LogP contribution in [-0.2, 0) is 18.3 Å². The minimum Gasteiger partial charge on any atom is -0.508 e. The summed E-state index contributed by atoms with van der Waals surface area (Å²) in [6, 6.07) is 14.5. The van der Waals surface area contributed by atoms with Gasteiger partial charge in [0.1, 0.15) is 5.75 Å². The van der Waals surface area contributed by atoms with Gasteiger partial charge in [0.2, 0.25) is 0 Å². The van der Waals surface area contributed by atoms with E-state index in [1.54, 1.807) is 0 Å². The quantitative estimate of drug-likeness (QED) is 0.621. The van der Waals surface area contributed by atoms with E-state index in [2.05, 4.69) is 58.0 Å². The summed E-state index contributed by atoms with van der Waals surface area (Å²) in [5, 5.41) is 10.7. The van der Waals surface area contributed by atoms with Crippen LogP contribution in [0.2, 0.25) is 0 Å². The van der Waals surface area contributed by atoms with Gasteiger partial charge in [-0.25, -0.2) is 0 Å². The monoisotopic (exact) mass is 310 g/mol. The highest BCUT2D eigenvalue weighted by Crippen LogP contribution is 2.41. The molecule has 0 heterocycles. The largest absolute Gasteiger partial charge is 0.508 e. The summed E-state index contributed by atoms with van der Waals surface area (Å²) >= 11 is 0. The number of hydrogen-bond donors (Lipinski definition) is 1. The first-order chi connectivity index (χ1) is 11.0. The molecule has 0 saturated heterocycles. The van der Waals surface area contributed by atoms with Crippen molar-refractivity contribution in [1.82, 2.24) is 0 Å². The van der Waals surface area contributed by atoms with Crippen LogP contribution in [0, 0.1) is 0 Å². The summed E-state index contributed by atoms with van der Waals surface area (Å²) < 4.78 is 0. The number of unbranched alkanes of at least 4 members (excludes halogenated alkanes) is 2. The Balaban J connectivity index is 2.55. The number of phenolic OH excluding ortho intramolecular Hbond substituents is 1. The Hall–Kier alpha value is -1.76. The Kier molecular flexibility index (Phi) is 5.87. The van der Waals surface area contributed by atoms with Crippen molar-refractivity contribution in [3.05, 3.63) is 64.7 Å². The van der Waals surface area contributed by atoms with Gasteiger partial charge < -0.3 is 5.11 Å². The molecule has 0 unspecified atom stereocenters. The summed E-state index contributed by atoms with van der Waals surface area (Å²) in [5.41, 5.74) is 4.89. The van der Waals surface area contributed by atoms with Gasteiger partial charge in [-0.1, -0.05) is 76.9 Å². The van der Waals surface area contributed by atoms with Crippen LogP contribution in [0.1, 0.15) is 69.2 Å². The number of benzene rings is 2. The molecule has 0 amide bonds. The van der Waals surface area contributed by atoms with E-state index in [-0.39, 0.29) is 5.41 Å². The van der Waals surface area contributed by atoms with Crippen molar-refractivity contribution < 1.29 is 5.11 Å². The van der Waals surface area contributed by atoms with Crippen molar-refractivity contribution in [2.45, 2.75) is 65.2 Å². The fraction of sp³-hybridized carbons (Fsp3) is 0.455. The summed E-state index contributed by atoms with van der Waals surface area (Å²) in [5.74, 6) is 0.433. The smallest absolute Gasteiger partial charge is 0.119 e. The molecule has 0 atom stereocenters. The normalized spacial score (nSPS) is 11.7. The second-order valence-corrected chi connectivity index (χ2v) is 6.90. The molecular weight excluding hydrogens is 280 g/mol. The molecule has 0 bridgehead atoms. The maximum atomic E-state index is 10.7. The van der Waals surface area contributed by atoms with Crippen LogP contribution in [0.15, 0.2) is 42.5 Å². The van der Waals surface area contributed by atoms with Crippen molar-refractivity contribution in [1.29, 1.82) is 0 Å². The number of rotatable bonds is 7. The number of aryl methyl sites for hydroxylation is 1. The number of hydrogen-bond acceptors (Lipinski definition) is 1. The van der Waals surface area contributed by atoms with E-state index in [0.717, 1.165) is 18.4 Å². The molecule has 0 spiro atoms. The van der Waals surface area contributed by atoms with E-state index in [1.807, 2.05) is 12.1 Å². The highest BCUT2D eigenvalue weighted by molar-refractivity contribution is 5.53. The van der Waals surface area contributed by atoms with Crippen LogP contribution in [-0.4, -0.2) is 5.11 Å². The predicted octanol–water partition coefficient (Wildman–Crippen LogP) is 6.01. The van der Waals surface area contributed by atoms with Crippen molar-refractivity contribution in [2.24, 2.45) is 0 Å². The molecule has 2 aromatic rings. The van der Waals surface area contributed by atoms with Gasteiger partial charge in [0.15, 0.2) is 0 Å². The lowest BCUT2D eigenvalue weighted by Crippen LogP contribution is -2.22. The zero-order valence-electron chi connectivity index (χ0n) is 15.0. The molecule has 0 aliphatic heterocycles. The predicted molar refractivity (Wildman–Crippen MR) is 99.3 cm³/mol. The van der Waals surface area contributed by atoms with Crippen molar-refractivity contribution in [2.75, 3.05) is 0 Å². The lowest BCUT2D eigenvalue weighted by Gasteiger charge is -2.31. The van der Waals surface area contributed by atoms with Gasteiger partial charge in [-0.2, -0.15) is 0 Å². The molecular formula is C22H30O. The molecule has 1 N–H and O–H groups in total. The van der Waals surface area contributed by atoms with Crippen molar-refractivity contribution >= 4 is 0 Å². The summed E-state index contributed by atoms with van der Waals surface area (Å²) in [6.07, 6.45) is 5.71. The minimum absolute atomic E-state index is 0.196. The zero-order valence-corrected chi connectivity index (χ0v) is 15.0. The topological polar surface area (TPSA) is 20.2 Å². The van der Waals surface area contributed by atoms with Gasteiger partial charge in [-0.05, 0) is 42.0 Å². The van der Waals surface area contributed by atoms with Crippen LogP contribution in [0.5, 0.6) is 5.75 Å². The fourth-order valence-corrected chi connectivity index (χ4v) is 3.54. The van der Waals surface area contributed by atoms with E-state index in [0.29, 0.717) is 5.75 Å². The van der Waals surface area contributed by atoms with Crippen LogP contribution in [0.25, 0.3) is 0 Å². The van der Waals surface area contributed by atoms with Gasteiger partial charge in [0.05, 0.1) is 0 Å². The second kappa shape index (κ2) is 7.68. The first-order valence-corrected chi connectivity index (χ1v) is 8.92. The summed E-state index contributed by atoms with van der Waals surface area (Å²) in [7, 11) is 0. The average molecular weight is 310 g/mol. The lowest BCUT2D eigenvalue weighted by atomic mass is 9.73. The van der Waals surface area contributed by atoms with E-state index < -0.39 is 0 Å². The van der Waals surface area contributed by atoms with Gasteiger partial charge in [0.25, 0.3) is 0 Å². The lowest BCUT2D eigenvalue weighted by molar-refractivity contribution is 0.450. The standard InChI is InChI=1S/C22H30O/c1-5-7-9-14-19-17(6-2)15-16-20(23)21(19)22(3,4)18-12-10-8-11-13-18/h8,10-13,15-16,23H,5-7,9,14H2,1-4H3. The van der Waals surface area contributed by atoms with E-state index in [9.17, 15) is 5.11 Å². The summed E-state index contributed by atoms with van der Waals surface area (Å²) in [4.78, 5) is 0. The van der Waals surface area contributed by atoms with Crippen molar-refractivity contribution in [3.8, 4) is 5.75 Å². The number of phenols is 1. The first kappa shape index (κ1) is 17.6. The van der Waals surface area contributed by atoms with Gasteiger partial charge in [0, 0.05) is 11.0 Å². The van der Waals surface area contributed by atoms with Crippen LogP contribution < -0.4 is 0 Å². The molecule has 23 heavy (non-hydrogen) atoms. The van der Waals surface area contributed by atoms with Crippen molar-refractivity contribution in [3.63, 3.8) is 0 Å². The van der Waals surface area contributed by atoms with E-state index in [4.69, 9.17) is 0 Å². The zero-order chi connectivity index (χ0) is 16.9. The Morgan fingerprint density at radius 3 is 2.22 bits per heavy atom. The Morgan fingerprint density at radius 2 is 1.61 bits per heavy atom. The maximum Gasteiger partial charge on any atom is 0.119 e. The fourth-order valence-electron chi connectivity index (χ4n) is 3.54. The molecule has 2 aromatic carbocycles. The molecule has 2 rings (SSSR count). The Bertz CT molecular complexity index is 626. The minimum atomic E-state index is -0.196. The molecule has 0 aliphatic carbocycles. The van der Waals surface area contributed by atoms with Gasteiger partial charge in [-0.15, -0.1) is 0 Å². The third kappa shape index (κ3) is 3.77. The van der Waals surface area contributed by atoms with E-state index >= 15 is 0 Å². The third-order valence-electron chi connectivity index (χ3n) is 4.92. The van der Waals surface area contributed by atoms with Gasteiger partial charge in [-0.3, -0.25) is 0 Å². The average Bonchev–Trinajstić information content (AvgIpc) is 2.56. The molecule has 0 aliphatic rings. The Labute approximate surface area is 141 Å². The van der Waals surface area contributed by atoms with Gasteiger partial charge >= 0.3 is 0 Å². The SMILES string of the molecule is CCCCCc1c(CC)ccc(O)c1C(C)(C)c1ccccc1. The third-order valence-corrected chi connectivity index (χ3v) is 4.92. The highest BCUT2D eigenvalue weighted by Gasteiger charge is 2.29.